The number of hydrogen-bond donors (Lipinski definition) is 0. The second-order valence-corrected chi connectivity index (χ2v) is 9.28. The largest absolute Gasteiger partial charge is 0.462 e. The van der Waals surface area contributed by atoms with Crippen LogP contribution in [0.4, 0.5) is 4.39 Å². The molecule has 4 aliphatic rings. The van der Waals surface area contributed by atoms with Crippen molar-refractivity contribution in [1.29, 1.82) is 0 Å². The summed E-state index contributed by atoms with van der Waals surface area (Å²) in [6.07, 6.45) is 6.48. The van der Waals surface area contributed by atoms with Crippen molar-refractivity contribution in [2.24, 2.45) is 28.6 Å². The van der Waals surface area contributed by atoms with Crippen LogP contribution in [0.3, 0.4) is 0 Å². The predicted octanol–water partition coefficient (Wildman–Crippen LogP) is 4.40. The van der Waals surface area contributed by atoms with Gasteiger partial charge in [0.05, 0.1) is 0 Å². The van der Waals surface area contributed by atoms with E-state index in [9.17, 15) is 9.59 Å². The fourth-order valence-electron chi connectivity index (χ4n) is 6.90. The van der Waals surface area contributed by atoms with Crippen LogP contribution in [-0.4, -0.2) is 24.0 Å². The van der Waals surface area contributed by atoms with Crippen molar-refractivity contribution in [3.8, 4) is 0 Å². The molecule has 3 saturated carbocycles. The first-order valence-electron chi connectivity index (χ1n) is 9.82. The minimum Gasteiger partial charge on any atom is -0.462 e. The molecule has 0 bridgehead atoms. The second-order valence-electron chi connectivity index (χ2n) is 9.28. The van der Waals surface area contributed by atoms with Gasteiger partial charge in [0.1, 0.15) is 12.3 Å². The number of allylic oxidation sites excluding steroid dienone is 1. The van der Waals surface area contributed by atoms with Gasteiger partial charge in [0.25, 0.3) is 0 Å². The van der Waals surface area contributed by atoms with E-state index in [4.69, 9.17) is 4.74 Å². The van der Waals surface area contributed by atoms with Crippen molar-refractivity contribution < 1.29 is 18.7 Å². The monoisotopic (exact) mass is 348 g/mol. The van der Waals surface area contributed by atoms with E-state index in [0.29, 0.717) is 30.6 Å². The fraction of sp³-hybridized carbons (Fsp3) is 0.810. The third kappa shape index (κ3) is 2.43. The second kappa shape index (κ2) is 5.65. The van der Waals surface area contributed by atoms with Crippen molar-refractivity contribution in [3.63, 3.8) is 0 Å². The summed E-state index contributed by atoms with van der Waals surface area (Å²) in [5.41, 5.74) is 0.578. The van der Waals surface area contributed by atoms with Gasteiger partial charge < -0.3 is 4.74 Å². The average molecular weight is 348 g/mol. The van der Waals surface area contributed by atoms with Crippen LogP contribution in [0, 0.1) is 28.6 Å². The molecule has 0 saturated heterocycles. The molecule has 0 aromatic heterocycles. The molecule has 0 aliphatic heterocycles. The number of fused-ring (bicyclic) bond motifs is 5. The predicted molar refractivity (Wildman–Crippen MR) is 92.5 cm³/mol. The highest BCUT2D eigenvalue weighted by atomic mass is 19.1. The number of ether oxygens (including phenoxy) is 1. The van der Waals surface area contributed by atoms with Crippen LogP contribution in [0.15, 0.2) is 11.6 Å². The topological polar surface area (TPSA) is 43.4 Å². The molecule has 0 radical (unpaired) electrons. The van der Waals surface area contributed by atoms with Crippen LogP contribution in [0.25, 0.3) is 0 Å². The molecule has 0 heterocycles. The Morgan fingerprint density at radius 1 is 1.20 bits per heavy atom. The molecule has 0 aromatic rings. The quantitative estimate of drug-likeness (QED) is 0.660. The molecule has 0 aromatic carbocycles. The van der Waals surface area contributed by atoms with Gasteiger partial charge in [0, 0.05) is 18.8 Å². The molecule has 138 valence electrons. The van der Waals surface area contributed by atoms with Crippen LogP contribution in [0.1, 0.15) is 65.7 Å². The summed E-state index contributed by atoms with van der Waals surface area (Å²) in [4.78, 5) is 23.4. The van der Waals surface area contributed by atoms with Gasteiger partial charge in [-0.2, -0.15) is 0 Å². The Balaban J connectivity index is 1.66. The molecule has 0 amide bonds. The molecule has 5 unspecified atom stereocenters. The van der Waals surface area contributed by atoms with E-state index in [1.54, 1.807) is 6.08 Å². The molecule has 25 heavy (non-hydrogen) atoms. The molecule has 0 spiro atoms. The first-order chi connectivity index (χ1) is 11.8. The van der Waals surface area contributed by atoms with Gasteiger partial charge in [0.15, 0.2) is 5.78 Å². The lowest BCUT2D eigenvalue weighted by atomic mass is 9.47. The van der Waals surface area contributed by atoms with E-state index in [2.05, 4.69) is 13.8 Å². The lowest BCUT2D eigenvalue weighted by molar-refractivity contribution is -0.157. The zero-order valence-electron chi connectivity index (χ0n) is 15.5. The van der Waals surface area contributed by atoms with Gasteiger partial charge in [-0.05, 0) is 73.3 Å². The highest BCUT2D eigenvalue weighted by Gasteiger charge is 2.61. The highest BCUT2D eigenvalue weighted by molar-refractivity contribution is 5.91. The van der Waals surface area contributed by atoms with Crippen LogP contribution in [0.5, 0.6) is 0 Å². The standard InChI is InChI=1S/C21H29FO3/c1-12(23)25-19-5-4-15-14-11-18(22)17-10-13(24)6-8-20(17,2)16(14)7-9-21(15,19)3/h10,14-16,18-19H,4-9,11H2,1-3H3/t14?,15?,16?,18?,19?,20-,21+/m1/s1. The number of carbonyl (C=O) groups excluding carboxylic acids is 2. The number of alkyl halides is 1. The molecule has 4 rings (SSSR count). The van der Waals surface area contributed by atoms with Crippen molar-refractivity contribution in [3.05, 3.63) is 11.6 Å². The van der Waals surface area contributed by atoms with Crippen LogP contribution in [0.2, 0.25) is 0 Å². The molecule has 3 fully saturated rings. The zero-order chi connectivity index (χ0) is 18.0. The minimum absolute atomic E-state index is 0.0192. The van der Waals surface area contributed by atoms with E-state index >= 15 is 4.39 Å². The van der Waals surface area contributed by atoms with E-state index in [1.165, 1.54) is 6.92 Å². The lowest BCUT2D eigenvalue weighted by Gasteiger charge is -2.58. The van der Waals surface area contributed by atoms with E-state index in [0.717, 1.165) is 37.7 Å². The summed E-state index contributed by atoms with van der Waals surface area (Å²) in [5.74, 6) is 1.09. The molecular weight excluding hydrogens is 319 g/mol. The number of halogens is 1. The molecule has 4 aliphatic carbocycles. The maximum absolute atomic E-state index is 15.1. The summed E-state index contributed by atoms with van der Waals surface area (Å²) in [6, 6.07) is 0. The maximum atomic E-state index is 15.1. The van der Waals surface area contributed by atoms with Gasteiger partial charge in [-0.1, -0.05) is 13.8 Å². The molecule has 7 atom stereocenters. The van der Waals surface area contributed by atoms with Crippen molar-refractivity contribution in [1.82, 2.24) is 0 Å². The van der Waals surface area contributed by atoms with Crippen LogP contribution < -0.4 is 0 Å². The highest BCUT2D eigenvalue weighted by Crippen LogP contribution is 2.65. The van der Waals surface area contributed by atoms with Gasteiger partial charge in [-0.25, -0.2) is 4.39 Å². The maximum Gasteiger partial charge on any atom is 0.302 e. The van der Waals surface area contributed by atoms with Gasteiger partial charge >= 0.3 is 5.97 Å². The van der Waals surface area contributed by atoms with Crippen molar-refractivity contribution >= 4 is 11.8 Å². The Labute approximate surface area is 149 Å². The average Bonchev–Trinajstić information content (AvgIpc) is 2.86. The number of ketones is 1. The first-order valence-corrected chi connectivity index (χ1v) is 9.82. The van der Waals surface area contributed by atoms with Crippen LogP contribution >= 0.6 is 0 Å². The van der Waals surface area contributed by atoms with Crippen molar-refractivity contribution in [2.75, 3.05) is 0 Å². The Morgan fingerprint density at radius 3 is 2.68 bits per heavy atom. The smallest absolute Gasteiger partial charge is 0.302 e. The van der Waals surface area contributed by atoms with E-state index in [1.807, 2.05) is 0 Å². The summed E-state index contributed by atoms with van der Waals surface area (Å²) < 4.78 is 20.7. The zero-order valence-corrected chi connectivity index (χ0v) is 15.5. The number of rotatable bonds is 1. The third-order valence-electron chi connectivity index (χ3n) is 8.16. The molecule has 3 nitrogen and oxygen atoms in total. The molecule has 4 heteroatoms. The summed E-state index contributed by atoms with van der Waals surface area (Å²) in [6.45, 7) is 5.92. The number of esters is 1. The Bertz CT molecular complexity index is 641. The van der Waals surface area contributed by atoms with E-state index < -0.39 is 6.17 Å². The normalized spacial score (nSPS) is 48.9. The van der Waals surface area contributed by atoms with Gasteiger partial charge in [-0.3, -0.25) is 9.59 Å². The Morgan fingerprint density at radius 2 is 1.96 bits per heavy atom. The molecule has 0 N–H and O–H groups in total. The SMILES string of the molecule is CC(=O)OC1CCC2C3CC(F)C4=CC(=O)CC[C@]4(C)C3CC[C@]12C. The van der Waals surface area contributed by atoms with Crippen molar-refractivity contribution in [2.45, 2.75) is 78.0 Å². The number of carbonyl (C=O) groups is 2. The number of hydrogen-bond acceptors (Lipinski definition) is 3. The lowest BCUT2D eigenvalue weighted by Crippen LogP contribution is -2.54. The fourth-order valence-corrected chi connectivity index (χ4v) is 6.90. The summed E-state index contributed by atoms with van der Waals surface area (Å²) in [7, 11) is 0. The summed E-state index contributed by atoms with van der Waals surface area (Å²) >= 11 is 0. The Kier molecular flexibility index (Phi) is 3.90. The van der Waals surface area contributed by atoms with Gasteiger partial charge in [-0.15, -0.1) is 0 Å². The first kappa shape index (κ1) is 17.2. The van der Waals surface area contributed by atoms with Gasteiger partial charge in [0.2, 0.25) is 0 Å². The Hall–Kier alpha value is -1.19. The summed E-state index contributed by atoms with van der Waals surface area (Å²) in [5, 5.41) is 0. The third-order valence-corrected chi connectivity index (χ3v) is 8.16. The minimum atomic E-state index is -0.995. The van der Waals surface area contributed by atoms with Crippen LogP contribution in [-0.2, 0) is 14.3 Å². The molecular formula is C21H29FO3. The van der Waals surface area contributed by atoms with E-state index in [-0.39, 0.29) is 28.7 Å².